The van der Waals surface area contributed by atoms with E-state index >= 15 is 0 Å². The standard InChI is InChI=1S/C16H24N2O3S.ClH/c1-12-14(11-22(2,20)21)4-3-5-15(12)18-16(19)7-6-13-8-9-17-10-13;/h3-5,13,17H,6-11H2,1-2H3,(H,18,19);1H. The molecule has 1 unspecified atom stereocenters. The quantitative estimate of drug-likeness (QED) is 0.816. The Labute approximate surface area is 144 Å². The second kappa shape index (κ2) is 8.66. The van der Waals surface area contributed by atoms with Crippen LogP contribution in [0.1, 0.15) is 30.4 Å². The van der Waals surface area contributed by atoms with Gasteiger partial charge in [0.2, 0.25) is 5.91 Å². The summed E-state index contributed by atoms with van der Waals surface area (Å²) in [6, 6.07) is 5.39. The topological polar surface area (TPSA) is 75.3 Å². The summed E-state index contributed by atoms with van der Waals surface area (Å²) in [6.45, 7) is 3.88. The molecule has 0 spiro atoms. The zero-order valence-electron chi connectivity index (χ0n) is 13.6. The minimum absolute atomic E-state index is 0. The maximum atomic E-state index is 12.1. The van der Waals surface area contributed by atoms with Crippen molar-refractivity contribution in [3.8, 4) is 0 Å². The number of amides is 1. The first-order chi connectivity index (χ1) is 10.3. The molecule has 2 N–H and O–H groups in total. The van der Waals surface area contributed by atoms with Crippen LogP contribution >= 0.6 is 12.4 Å². The van der Waals surface area contributed by atoms with Crippen molar-refractivity contribution in [2.24, 2.45) is 5.92 Å². The smallest absolute Gasteiger partial charge is 0.224 e. The van der Waals surface area contributed by atoms with Crippen LogP contribution in [0, 0.1) is 12.8 Å². The van der Waals surface area contributed by atoms with E-state index in [1.807, 2.05) is 13.0 Å². The Bertz CT molecular complexity index is 641. The number of sulfone groups is 1. The van der Waals surface area contributed by atoms with Gasteiger partial charge < -0.3 is 10.6 Å². The van der Waals surface area contributed by atoms with Crippen LogP contribution in [0.4, 0.5) is 5.69 Å². The van der Waals surface area contributed by atoms with E-state index in [4.69, 9.17) is 0 Å². The summed E-state index contributed by atoms with van der Waals surface area (Å²) >= 11 is 0. The molecule has 1 aliphatic rings. The fraction of sp³-hybridized carbons (Fsp3) is 0.562. The molecule has 0 radical (unpaired) electrons. The maximum Gasteiger partial charge on any atom is 0.224 e. The van der Waals surface area contributed by atoms with Gasteiger partial charge in [0.05, 0.1) is 5.75 Å². The van der Waals surface area contributed by atoms with E-state index in [9.17, 15) is 13.2 Å². The molecule has 0 aromatic heterocycles. The molecule has 1 atom stereocenters. The van der Waals surface area contributed by atoms with E-state index in [-0.39, 0.29) is 24.1 Å². The summed E-state index contributed by atoms with van der Waals surface area (Å²) in [4.78, 5) is 12.1. The SMILES string of the molecule is Cc1c(CS(C)(=O)=O)cccc1NC(=O)CCC1CCNC1.Cl. The van der Waals surface area contributed by atoms with Crippen LogP contribution in [0.15, 0.2) is 18.2 Å². The highest BCUT2D eigenvalue weighted by atomic mass is 35.5. The number of benzene rings is 1. The van der Waals surface area contributed by atoms with Crippen LogP contribution < -0.4 is 10.6 Å². The number of hydrogen-bond acceptors (Lipinski definition) is 4. The lowest BCUT2D eigenvalue weighted by Crippen LogP contribution is -2.16. The molecular weight excluding hydrogens is 336 g/mol. The maximum absolute atomic E-state index is 12.1. The van der Waals surface area contributed by atoms with Gasteiger partial charge in [-0.3, -0.25) is 4.79 Å². The summed E-state index contributed by atoms with van der Waals surface area (Å²) in [6.07, 6.45) is 3.74. The molecule has 0 bridgehead atoms. The van der Waals surface area contributed by atoms with Crippen molar-refractivity contribution in [1.29, 1.82) is 0 Å². The highest BCUT2D eigenvalue weighted by Gasteiger charge is 2.16. The first-order valence-corrected chi connectivity index (χ1v) is 9.68. The molecule has 5 nitrogen and oxygen atoms in total. The number of rotatable bonds is 6. The number of nitrogens with one attached hydrogen (secondary N) is 2. The Balaban J connectivity index is 0.00000264. The van der Waals surface area contributed by atoms with Crippen LogP contribution in [-0.4, -0.2) is 33.7 Å². The molecule has 1 amide bonds. The third kappa shape index (κ3) is 6.49. The Hall–Kier alpha value is -1.11. The lowest BCUT2D eigenvalue weighted by molar-refractivity contribution is -0.116. The Morgan fingerprint density at radius 3 is 2.74 bits per heavy atom. The van der Waals surface area contributed by atoms with Gasteiger partial charge in [-0.15, -0.1) is 12.4 Å². The molecular formula is C16H25ClN2O3S. The highest BCUT2D eigenvalue weighted by molar-refractivity contribution is 7.89. The van der Waals surface area contributed by atoms with Crippen LogP contribution in [0.25, 0.3) is 0 Å². The Morgan fingerprint density at radius 2 is 2.13 bits per heavy atom. The van der Waals surface area contributed by atoms with Crippen LogP contribution in [-0.2, 0) is 20.4 Å². The van der Waals surface area contributed by atoms with Crippen molar-refractivity contribution in [2.75, 3.05) is 24.7 Å². The molecule has 1 aromatic rings. The number of hydrogen-bond donors (Lipinski definition) is 2. The third-order valence-corrected chi connectivity index (χ3v) is 4.92. The zero-order chi connectivity index (χ0) is 16.2. The molecule has 1 aliphatic heterocycles. The molecule has 23 heavy (non-hydrogen) atoms. The lowest BCUT2D eigenvalue weighted by Gasteiger charge is -2.13. The molecule has 0 aliphatic carbocycles. The van der Waals surface area contributed by atoms with Crippen molar-refractivity contribution in [3.63, 3.8) is 0 Å². The minimum atomic E-state index is -3.09. The minimum Gasteiger partial charge on any atom is -0.326 e. The second-order valence-electron chi connectivity index (χ2n) is 6.11. The number of halogens is 1. The van der Waals surface area contributed by atoms with Crippen molar-refractivity contribution in [1.82, 2.24) is 5.32 Å². The van der Waals surface area contributed by atoms with Crippen molar-refractivity contribution >= 4 is 33.8 Å². The first-order valence-electron chi connectivity index (χ1n) is 7.62. The summed E-state index contributed by atoms with van der Waals surface area (Å²) in [5.41, 5.74) is 2.26. The Morgan fingerprint density at radius 1 is 1.39 bits per heavy atom. The summed E-state index contributed by atoms with van der Waals surface area (Å²) in [5.74, 6) is 0.575. The van der Waals surface area contributed by atoms with Gasteiger partial charge in [-0.05, 0) is 56.0 Å². The molecule has 1 saturated heterocycles. The average molecular weight is 361 g/mol. The van der Waals surface area contributed by atoms with Crippen LogP contribution in [0.5, 0.6) is 0 Å². The van der Waals surface area contributed by atoms with Gasteiger partial charge in [-0.25, -0.2) is 8.42 Å². The fourth-order valence-electron chi connectivity index (χ4n) is 2.77. The second-order valence-corrected chi connectivity index (χ2v) is 8.25. The summed E-state index contributed by atoms with van der Waals surface area (Å²) in [7, 11) is -3.09. The van der Waals surface area contributed by atoms with Gasteiger partial charge >= 0.3 is 0 Å². The molecule has 7 heteroatoms. The number of carbonyl (C=O) groups excluding carboxylic acids is 1. The van der Waals surface area contributed by atoms with Gasteiger partial charge in [-0.2, -0.15) is 0 Å². The molecule has 0 saturated carbocycles. The van der Waals surface area contributed by atoms with Gasteiger partial charge in [0.15, 0.2) is 9.84 Å². The van der Waals surface area contributed by atoms with Gasteiger partial charge in [0.25, 0.3) is 0 Å². The van der Waals surface area contributed by atoms with Crippen molar-refractivity contribution in [3.05, 3.63) is 29.3 Å². The molecule has 130 valence electrons. The van der Waals surface area contributed by atoms with Crippen LogP contribution in [0.3, 0.4) is 0 Å². The van der Waals surface area contributed by atoms with E-state index in [0.29, 0.717) is 18.0 Å². The van der Waals surface area contributed by atoms with Crippen LogP contribution in [0.2, 0.25) is 0 Å². The molecule has 1 aromatic carbocycles. The predicted molar refractivity (Wildman–Crippen MR) is 95.8 cm³/mol. The molecule has 1 fully saturated rings. The third-order valence-electron chi connectivity index (χ3n) is 4.08. The van der Waals surface area contributed by atoms with Gasteiger partial charge in [0.1, 0.15) is 0 Å². The average Bonchev–Trinajstić information content (AvgIpc) is 2.93. The largest absolute Gasteiger partial charge is 0.326 e. The zero-order valence-corrected chi connectivity index (χ0v) is 15.2. The predicted octanol–water partition coefficient (Wildman–Crippen LogP) is 2.29. The highest BCUT2D eigenvalue weighted by Crippen LogP contribution is 2.22. The van der Waals surface area contributed by atoms with E-state index in [1.165, 1.54) is 6.26 Å². The summed E-state index contributed by atoms with van der Waals surface area (Å²) < 4.78 is 22.9. The number of anilines is 1. The fourth-order valence-corrected chi connectivity index (χ4v) is 3.64. The van der Waals surface area contributed by atoms with E-state index < -0.39 is 9.84 Å². The number of carbonyl (C=O) groups is 1. The van der Waals surface area contributed by atoms with E-state index in [1.54, 1.807) is 12.1 Å². The summed E-state index contributed by atoms with van der Waals surface area (Å²) in [5, 5.41) is 6.20. The molecule has 1 heterocycles. The van der Waals surface area contributed by atoms with E-state index in [2.05, 4.69) is 10.6 Å². The van der Waals surface area contributed by atoms with E-state index in [0.717, 1.165) is 37.1 Å². The van der Waals surface area contributed by atoms with Gasteiger partial charge in [-0.1, -0.05) is 12.1 Å². The normalized spacial score (nSPS) is 17.6. The monoisotopic (exact) mass is 360 g/mol. The van der Waals surface area contributed by atoms with Gasteiger partial charge in [0, 0.05) is 18.4 Å². The lowest BCUT2D eigenvalue weighted by atomic mass is 10.0. The van der Waals surface area contributed by atoms with Crippen molar-refractivity contribution in [2.45, 2.75) is 31.9 Å². The Kier molecular flexibility index (Phi) is 7.51. The molecule has 2 rings (SSSR count). The van der Waals surface area contributed by atoms with Crippen molar-refractivity contribution < 1.29 is 13.2 Å². The first kappa shape index (κ1) is 19.9.